The maximum atomic E-state index is 14.9. The summed E-state index contributed by atoms with van der Waals surface area (Å²) in [4.78, 5) is 190. The van der Waals surface area contributed by atoms with Gasteiger partial charge in [0.25, 0.3) is 0 Å². The van der Waals surface area contributed by atoms with E-state index >= 15 is 0 Å². The number of hydrogen-bond donors (Lipinski definition) is 1. The molecule has 12 amide bonds. The van der Waals surface area contributed by atoms with E-state index in [4.69, 9.17) is 13.3 Å². The summed E-state index contributed by atoms with van der Waals surface area (Å²) in [7, 11) is 3.72. The molecule has 10 aliphatic rings. The molecule has 0 radical (unpaired) electrons. The Morgan fingerprint density at radius 3 is 0.885 bits per heavy atom. The van der Waals surface area contributed by atoms with Gasteiger partial charge in [-0.2, -0.15) is 0 Å². The number of nitrogens with zero attached hydrogens (tertiary/aromatic N) is 11. The number of carbonyl (C=O) groups is 12. The molecule has 10 heterocycles. The lowest BCUT2D eigenvalue weighted by Crippen LogP contribution is -2.59. The number of amides is 12. The Kier molecular flexibility index (Phi) is 24.0. The molecule has 10 atom stereocenters. The SMILES string of the molecule is CO[Si](CCCNC(=O)CCCCCN(C)C(=O)[C@@H]1CCCN1C(=O)[C@@H]1CCCN1C(=O)[C@@H]1CCCN1C(=O)[C@@H]1CCCN1C(=O)[C@@H]1CCCN1C(=O)[C@@H]1CCCN1C(=O)[C@@H]1CCCN1C(=O)[C@@H]1CCCN1C(=O)[C@@H]1CCCN1C(=O)[C@@H]1CCCN1C(=O)C(C)(C)C)(OC)OC. The van der Waals surface area contributed by atoms with Gasteiger partial charge in [0, 0.05) is 125 Å². The van der Waals surface area contributed by atoms with Crippen LogP contribution in [0.4, 0.5) is 0 Å². The van der Waals surface area contributed by atoms with E-state index in [0.717, 1.165) is 6.42 Å². The molecule has 0 saturated carbocycles. The topological polar surface area (TPSA) is 280 Å². The molecule has 10 aliphatic heterocycles. The van der Waals surface area contributed by atoms with E-state index in [1.807, 2.05) is 20.8 Å². The summed E-state index contributed by atoms with van der Waals surface area (Å²) in [5, 5.41) is 2.94. The number of likely N-dealkylation sites (N-methyl/N-ethyl adjacent to an activating group) is 1. The number of carbonyl (C=O) groups excluding carboxylic acids is 12. The van der Waals surface area contributed by atoms with Gasteiger partial charge in [-0.15, -0.1) is 0 Å². The molecule has 10 fully saturated rings. The second-order valence-corrected chi connectivity index (χ2v) is 32.5. The lowest BCUT2D eigenvalue weighted by molar-refractivity contribution is -0.156. The second kappa shape index (κ2) is 31.7. The van der Waals surface area contributed by atoms with Gasteiger partial charge in [0.2, 0.25) is 70.9 Å². The number of unbranched alkanes of at least 4 members (excludes halogenated alkanes) is 2. The predicted molar refractivity (Wildman–Crippen MR) is 352 cm³/mol. The Labute approximate surface area is 567 Å². The normalized spacial score (nSPS) is 27.9. The maximum Gasteiger partial charge on any atom is 0.500 e. The minimum Gasteiger partial charge on any atom is -0.377 e. The van der Waals surface area contributed by atoms with E-state index in [2.05, 4.69) is 5.32 Å². The van der Waals surface area contributed by atoms with Gasteiger partial charge in [0.15, 0.2) is 0 Å². The first-order chi connectivity index (χ1) is 46.1. The minimum atomic E-state index is -2.70. The molecule has 0 aromatic rings. The van der Waals surface area contributed by atoms with Gasteiger partial charge < -0.3 is 72.5 Å². The van der Waals surface area contributed by atoms with Gasteiger partial charge in [0.05, 0.1) is 0 Å². The number of hydrogen-bond acceptors (Lipinski definition) is 15. The van der Waals surface area contributed by atoms with Gasteiger partial charge in [-0.25, -0.2) is 0 Å². The molecule has 534 valence electrons. The molecule has 10 saturated heterocycles. The van der Waals surface area contributed by atoms with Crippen LogP contribution >= 0.6 is 0 Å². The molecule has 96 heavy (non-hydrogen) atoms. The maximum absolute atomic E-state index is 14.9. The largest absolute Gasteiger partial charge is 0.500 e. The fourth-order valence-corrected chi connectivity index (χ4v) is 19.1. The lowest BCUT2D eigenvalue weighted by Gasteiger charge is -2.38. The first kappa shape index (κ1) is 72.5. The zero-order valence-corrected chi connectivity index (χ0v) is 59.2. The minimum absolute atomic E-state index is 0.0455. The summed E-state index contributed by atoms with van der Waals surface area (Å²) in [5.74, 6) is -3.00. The Balaban J connectivity index is 0.704. The van der Waals surface area contributed by atoms with Crippen molar-refractivity contribution >= 4 is 79.7 Å². The molecule has 10 rings (SSSR count). The van der Waals surface area contributed by atoms with E-state index in [1.54, 1.807) is 82.3 Å². The van der Waals surface area contributed by atoms with Gasteiger partial charge in [-0.1, -0.05) is 27.2 Å². The summed E-state index contributed by atoms with van der Waals surface area (Å²) < 4.78 is 16.3. The highest BCUT2D eigenvalue weighted by Gasteiger charge is 2.53. The van der Waals surface area contributed by atoms with Crippen LogP contribution in [0, 0.1) is 5.41 Å². The fraction of sp³-hybridized carbons (Fsp3) is 0.824. The Bertz CT molecular complexity index is 2900. The standard InChI is InChI=1S/C68H108N12O15Si/c1-68(2,3)67(92)80-44-20-31-55(80)66(91)79-43-19-30-54(79)65(90)78-42-18-29-53(78)64(89)77-41-17-28-52(77)63(88)76-40-16-27-51(76)62(87)75-39-15-26-50(75)61(86)74-38-14-25-49(74)60(85)73-37-13-24-48(73)59(84)72-36-12-23-47(72)58(83)71-35-11-22-46(71)57(82)70(4)34-10-8-9-32-56(81)69-33-21-45-96(93-5,94-6)95-7/h46-55H,8-45H2,1-7H3,(H,69,81)/t46-,47-,48-,49-,50-,51-,52-,53-,54-,55-/m0/s1. The number of rotatable bonds is 23. The van der Waals surface area contributed by atoms with Crippen LogP contribution in [0.1, 0.15) is 181 Å². The second-order valence-electron chi connectivity index (χ2n) is 29.4. The van der Waals surface area contributed by atoms with Crippen molar-refractivity contribution < 1.29 is 70.8 Å². The average molecular weight is 1360 g/mol. The third-order valence-electron chi connectivity index (χ3n) is 22.5. The van der Waals surface area contributed by atoms with Crippen molar-refractivity contribution in [2.45, 2.75) is 248 Å². The zero-order valence-electron chi connectivity index (χ0n) is 58.2. The summed E-state index contributed by atoms with van der Waals surface area (Å²) in [6, 6.07) is -7.26. The monoisotopic (exact) mass is 1360 g/mol. The molecule has 27 nitrogen and oxygen atoms in total. The molecule has 28 heteroatoms. The molecular formula is C68H108N12O15Si. The van der Waals surface area contributed by atoms with Gasteiger partial charge >= 0.3 is 8.80 Å². The average Bonchev–Trinajstić information content (AvgIpc) is 1.59. The molecule has 0 unspecified atom stereocenters. The van der Waals surface area contributed by atoms with Gasteiger partial charge in [0.1, 0.15) is 60.4 Å². The van der Waals surface area contributed by atoms with Crippen LogP contribution in [-0.4, -0.2) is 301 Å². The Morgan fingerprint density at radius 1 is 0.365 bits per heavy atom. The van der Waals surface area contributed by atoms with Crippen molar-refractivity contribution in [1.82, 2.24) is 59.2 Å². The highest BCUT2D eigenvalue weighted by atomic mass is 28.4. The molecule has 0 aromatic carbocycles. The molecule has 0 aromatic heterocycles. The third kappa shape index (κ3) is 15.1. The molecule has 1 N–H and O–H groups in total. The number of likely N-dealkylation sites (tertiary alicyclic amines) is 10. The molecular weight excluding hydrogens is 1250 g/mol. The summed E-state index contributed by atoms with van der Waals surface area (Å²) in [5.41, 5.74) is -0.664. The van der Waals surface area contributed by atoms with E-state index < -0.39 is 74.6 Å². The lowest BCUT2D eigenvalue weighted by atomic mass is 9.94. The van der Waals surface area contributed by atoms with Crippen LogP contribution in [0.2, 0.25) is 6.04 Å². The van der Waals surface area contributed by atoms with Gasteiger partial charge in [-0.3, -0.25) is 57.5 Å². The van der Waals surface area contributed by atoms with Crippen molar-refractivity contribution in [3.05, 3.63) is 0 Å². The van der Waals surface area contributed by atoms with E-state index in [-0.39, 0.29) is 70.9 Å². The zero-order chi connectivity index (χ0) is 68.8. The van der Waals surface area contributed by atoms with Gasteiger partial charge in [-0.05, 0) is 148 Å². The van der Waals surface area contributed by atoms with Crippen LogP contribution in [0.3, 0.4) is 0 Å². The van der Waals surface area contributed by atoms with Crippen molar-refractivity contribution in [3.8, 4) is 0 Å². The van der Waals surface area contributed by atoms with Crippen molar-refractivity contribution in [2.75, 3.05) is 107 Å². The van der Waals surface area contributed by atoms with Crippen molar-refractivity contribution in [2.24, 2.45) is 5.41 Å². The summed E-state index contributed by atoms with van der Waals surface area (Å²) >= 11 is 0. The third-order valence-corrected chi connectivity index (χ3v) is 25.3. The number of nitrogens with one attached hydrogen (secondary N) is 1. The van der Waals surface area contributed by atoms with Crippen LogP contribution < -0.4 is 5.32 Å². The van der Waals surface area contributed by atoms with E-state index in [0.29, 0.717) is 239 Å². The highest BCUT2D eigenvalue weighted by Crippen LogP contribution is 2.37. The molecule has 0 spiro atoms. The van der Waals surface area contributed by atoms with E-state index in [9.17, 15) is 57.5 Å². The molecule has 0 bridgehead atoms. The summed E-state index contributed by atoms with van der Waals surface area (Å²) in [6.45, 7) is 9.96. The first-order valence-corrected chi connectivity index (χ1v) is 38.2. The van der Waals surface area contributed by atoms with Crippen molar-refractivity contribution in [3.63, 3.8) is 0 Å². The van der Waals surface area contributed by atoms with Crippen LogP contribution in [0.15, 0.2) is 0 Å². The van der Waals surface area contributed by atoms with Crippen LogP contribution in [-0.2, 0) is 70.8 Å². The Morgan fingerprint density at radius 2 is 0.615 bits per heavy atom. The van der Waals surface area contributed by atoms with Crippen molar-refractivity contribution in [1.29, 1.82) is 0 Å². The van der Waals surface area contributed by atoms with Crippen LogP contribution in [0.5, 0.6) is 0 Å². The first-order valence-electron chi connectivity index (χ1n) is 36.3. The predicted octanol–water partition coefficient (Wildman–Crippen LogP) is 2.35. The molecule has 0 aliphatic carbocycles. The Hall–Kier alpha value is -6.26. The summed E-state index contributed by atoms with van der Waals surface area (Å²) in [6.07, 6.45) is 13.4. The fourth-order valence-electron chi connectivity index (χ4n) is 17.4. The van der Waals surface area contributed by atoms with E-state index in [1.165, 1.54) is 0 Å². The highest BCUT2D eigenvalue weighted by molar-refractivity contribution is 6.60. The van der Waals surface area contributed by atoms with Crippen LogP contribution in [0.25, 0.3) is 0 Å². The quantitative estimate of drug-likeness (QED) is 0.114. The smallest absolute Gasteiger partial charge is 0.377 e.